The predicted octanol–water partition coefficient (Wildman–Crippen LogP) is 1.33. The summed E-state index contributed by atoms with van der Waals surface area (Å²) < 4.78 is 28.1. The number of sulfone groups is 1. The zero-order chi connectivity index (χ0) is 12.2. The van der Waals surface area contributed by atoms with Crippen LogP contribution in [0.2, 0.25) is 5.02 Å². The zero-order valence-corrected chi connectivity index (χ0v) is 10.2. The van der Waals surface area contributed by atoms with E-state index in [9.17, 15) is 13.2 Å². The standard InChI is InChI=1S/C10H11ClO4S/c1-15-6-8(12)7-16(13,14)10-5-3-2-4-9(10)11/h2-5H,6-7H2,1H3. The topological polar surface area (TPSA) is 60.4 Å². The number of ether oxygens (including phenoxy) is 1. The van der Waals surface area contributed by atoms with Gasteiger partial charge in [-0.15, -0.1) is 0 Å². The van der Waals surface area contributed by atoms with Gasteiger partial charge < -0.3 is 4.74 Å². The first-order valence-electron chi connectivity index (χ1n) is 4.45. The molecular formula is C10H11ClO4S. The van der Waals surface area contributed by atoms with Gasteiger partial charge in [0.25, 0.3) is 0 Å². The van der Waals surface area contributed by atoms with Crippen LogP contribution in [0, 0.1) is 0 Å². The van der Waals surface area contributed by atoms with Crippen molar-refractivity contribution in [2.45, 2.75) is 4.90 Å². The molecule has 0 unspecified atom stereocenters. The summed E-state index contributed by atoms with van der Waals surface area (Å²) in [7, 11) is -2.34. The Bertz CT molecular complexity index is 481. The maximum Gasteiger partial charge on any atom is 0.187 e. The molecule has 6 heteroatoms. The van der Waals surface area contributed by atoms with Gasteiger partial charge >= 0.3 is 0 Å². The highest BCUT2D eigenvalue weighted by Crippen LogP contribution is 2.21. The number of rotatable bonds is 5. The van der Waals surface area contributed by atoms with E-state index in [1.807, 2.05) is 0 Å². The number of methoxy groups -OCH3 is 1. The Morgan fingerprint density at radius 1 is 1.38 bits per heavy atom. The molecule has 0 N–H and O–H groups in total. The molecule has 1 aromatic rings. The number of hydrogen-bond acceptors (Lipinski definition) is 4. The summed E-state index contributed by atoms with van der Waals surface area (Å²) in [4.78, 5) is 11.2. The summed E-state index contributed by atoms with van der Waals surface area (Å²) in [6.07, 6.45) is 0. The van der Waals surface area contributed by atoms with Crippen molar-refractivity contribution in [2.75, 3.05) is 19.5 Å². The van der Waals surface area contributed by atoms with E-state index in [2.05, 4.69) is 4.74 Å². The van der Waals surface area contributed by atoms with Gasteiger partial charge in [-0.05, 0) is 12.1 Å². The number of benzene rings is 1. The van der Waals surface area contributed by atoms with Crippen LogP contribution in [0.4, 0.5) is 0 Å². The van der Waals surface area contributed by atoms with E-state index in [1.165, 1.54) is 19.2 Å². The first-order chi connectivity index (χ1) is 7.47. The Morgan fingerprint density at radius 2 is 2.00 bits per heavy atom. The third-order valence-corrected chi connectivity index (χ3v) is 4.00. The number of carbonyl (C=O) groups excluding carboxylic acids is 1. The lowest BCUT2D eigenvalue weighted by molar-refractivity contribution is -0.120. The van der Waals surface area contributed by atoms with Gasteiger partial charge in [-0.2, -0.15) is 0 Å². The molecule has 0 radical (unpaired) electrons. The Kier molecular flexibility index (Phi) is 4.46. The zero-order valence-electron chi connectivity index (χ0n) is 8.64. The third-order valence-electron chi connectivity index (χ3n) is 1.83. The smallest absolute Gasteiger partial charge is 0.187 e. The van der Waals surface area contributed by atoms with E-state index in [-0.39, 0.29) is 16.5 Å². The molecule has 88 valence electrons. The molecule has 0 fully saturated rings. The quantitative estimate of drug-likeness (QED) is 0.803. The van der Waals surface area contributed by atoms with E-state index in [0.717, 1.165) is 0 Å². The third kappa shape index (κ3) is 3.30. The number of halogens is 1. The van der Waals surface area contributed by atoms with E-state index in [4.69, 9.17) is 11.6 Å². The van der Waals surface area contributed by atoms with E-state index >= 15 is 0 Å². The van der Waals surface area contributed by atoms with Crippen molar-refractivity contribution in [3.05, 3.63) is 29.3 Å². The van der Waals surface area contributed by atoms with Crippen LogP contribution in [0.1, 0.15) is 0 Å². The van der Waals surface area contributed by atoms with Gasteiger partial charge in [0.15, 0.2) is 15.6 Å². The lowest BCUT2D eigenvalue weighted by atomic mass is 10.4. The van der Waals surface area contributed by atoms with Gasteiger partial charge in [-0.1, -0.05) is 23.7 Å². The number of carbonyl (C=O) groups is 1. The van der Waals surface area contributed by atoms with Crippen LogP contribution in [-0.2, 0) is 19.4 Å². The molecule has 0 atom stereocenters. The average Bonchev–Trinajstić information content (AvgIpc) is 2.17. The molecule has 0 bridgehead atoms. The number of Topliss-reactive ketones (excluding diaryl/α,β-unsaturated/α-hetero) is 1. The molecule has 1 rings (SSSR count). The fourth-order valence-electron chi connectivity index (χ4n) is 1.19. The predicted molar refractivity (Wildman–Crippen MR) is 60.4 cm³/mol. The Morgan fingerprint density at radius 3 is 2.56 bits per heavy atom. The summed E-state index contributed by atoms with van der Waals surface area (Å²) in [6.45, 7) is -0.219. The van der Waals surface area contributed by atoms with Crippen LogP contribution < -0.4 is 0 Å². The normalized spacial score (nSPS) is 11.4. The van der Waals surface area contributed by atoms with Gasteiger partial charge in [0.05, 0.1) is 9.92 Å². The highest BCUT2D eigenvalue weighted by atomic mass is 35.5. The van der Waals surface area contributed by atoms with E-state index in [1.54, 1.807) is 12.1 Å². The molecule has 0 saturated carbocycles. The maximum atomic E-state index is 11.8. The van der Waals surface area contributed by atoms with Gasteiger partial charge in [0.1, 0.15) is 12.4 Å². The van der Waals surface area contributed by atoms with Crippen LogP contribution in [-0.4, -0.2) is 33.7 Å². The molecular weight excluding hydrogens is 252 g/mol. The summed E-state index contributed by atoms with van der Waals surface area (Å²) in [5.74, 6) is -1.09. The lowest BCUT2D eigenvalue weighted by Crippen LogP contribution is -2.20. The van der Waals surface area contributed by atoms with Crippen LogP contribution in [0.15, 0.2) is 29.2 Å². The lowest BCUT2D eigenvalue weighted by Gasteiger charge is -2.05. The van der Waals surface area contributed by atoms with Crippen molar-refractivity contribution >= 4 is 27.2 Å². The average molecular weight is 263 g/mol. The summed E-state index contributed by atoms with van der Waals surface area (Å²) in [6, 6.07) is 6.02. The van der Waals surface area contributed by atoms with Crippen LogP contribution >= 0.6 is 11.6 Å². The fraction of sp³-hybridized carbons (Fsp3) is 0.300. The first kappa shape index (κ1) is 13.2. The van der Waals surface area contributed by atoms with Crippen LogP contribution in [0.3, 0.4) is 0 Å². The minimum Gasteiger partial charge on any atom is -0.377 e. The van der Waals surface area contributed by atoms with Gasteiger partial charge in [-0.25, -0.2) is 8.42 Å². The van der Waals surface area contributed by atoms with Gasteiger partial charge in [0, 0.05) is 7.11 Å². The minimum atomic E-state index is -3.67. The Balaban J connectivity index is 2.95. The number of ketones is 1. The molecule has 0 heterocycles. The maximum absolute atomic E-state index is 11.8. The fourth-order valence-corrected chi connectivity index (χ4v) is 2.99. The Labute approximate surface area is 99.1 Å². The largest absolute Gasteiger partial charge is 0.377 e. The second-order valence-corrected chi connectivity index (χ2v) is 5.53. The molecule has 4 nitrogen and oxygen atoms in total. The van der Waals surface area contributed by atoms with Crippen molar-refractivity contribution < 1.29 is 17.9 Å². The Hall–Kier alpha value is -0.910. The van der Waals surface area contributed by atoms with Gasteiger partial charge in [-0.3, -0.25) is 4.79 Å². The molecule has 1 aromatic carbocycles. The van der Waals surface area contributed by atoms with Crippen LogP contribution in [0.5, 0.6) is 0 Å². The molecule has 0 saturated heterocycles. The summed E-state index contributed by atoms with van der Waals surface area (Å²) in [5.41, 5.74) is 0. The molecule has 16 heavy (non-hydrogen) atoms. The molecule has 0 spiro atoms. The molecule has 0 aliphatic heterocycles. The van der Waals surface area contributed by atoms with E-state index in [0.29, 0.717) is 0 Å². The van der Waals surface area contributed by atoms with Crippen LogP contribution in [0.25, 0.3) is 0 Å². The number of hydrogen-bond donors (Lipinski definition) is 0. The van der Waals surface area contributed by atoms with Crippen molar-refractivity contribution in [1.29, 1.82) is 0 Å². The second kappa shape index (κ2) is 5.43. The van der Waals surface area contributed by atoms with Gasteiger partial charge in [0.2, 0.25) is 0 Å². The summed E-state index contributed by atoms with van der Waals surface area (Å²) in [5, 5.41) is 0.118. The SMILES string of the molecule is COCC(=O)CS(=O)(=O)c1ccccc1Cl. The molecule has 0 aromatic heterocycles. The van der Waals surface area contributed by atoms with Crippen molar-refractivity contribution in [3.63, 3.8) is 0 Å². The monoisotopic (exact) mass is 262 g/mol. The van der Waals surface area contributed by atoms with Crippen molar-refractivity contribution in [3.8, 4) is 0 Å². The van der Waals surface area contributed by atoms with Crippen molar-refractivity contribution in [2.24, 2.45) is 0 Å². The summed E-state index contributed by atoms with van der Waals surface area (Å²) >= 11 is 5.75. The molecule has 0 aliphatic rings. The molecule has 0 aliphatic carbocycles. The molecule has 0 amide bonds. The highest BCUT2D eigenvalue weighted by molar-refractivity contribution is 7.92. The second-order valence-electron chi connectivity index (χ2n) is 3.16. The van der Waals surface area contributed by atoms with E-state index < -0.39 is 21.4 Å². The highest BCUT2D eigenvalue weighted by Gasteiger charge is 2.21. The van der Waals surface area contributed by atoms with Crippen molar-refractivity contribution in [1.82, 2.24) is 0 Å². The minimum absolute atomic E-state index is 0.0267. The first-order valence-corrected chi connectivity index (χ1v) is 6.48.